The highest BCUT2D eigenvalue weighted by Gasteiger charge is 2.00. The normalized spacial score (nSPS) is 10.4. The summed E-state index contributed by atoms with van der Waals surface area (Å²) in [6.45, 7) is 2.12. The van der Waals surface area contributed by atoms with Gasteiger partial charge in [0.05, 0.1) is 7.11 Å². The number of aromatic nitrogens is 1. The third-order valence-electron chi connectivity index (χ3n) is 2.39. The minimum absolute atomic E-state index is 0.894. The average molecular weight is 187 g/mol. The number of nitrogens with zero attached hydrogens (tertiary/aromatic N) is 1. The monoisotopic (exact) mass is 187 g/mol. The molecule has 0 spiro atoms. The van der Waals surface area contributed by atoms with E-state index in [9.17, 15) is 0 Å². The van der Waals surface area contributed by atoms with Crippen molar-refractivity contribution in [3.8, 4) is 5.75 Å². The number of methoxy groups -OCH3 is 1. The summed E-state index contributed by atoms with van der Waals surface area (Å²) < 4.78 is 5.18. The van der Waals surface area contributed by atoms with E-state index in [1.54, 1.807) is 7.11 Å². The lowest BCUT2D eigenvalue weighted by Gasteiger charge is -2.05. The summed E-state index contributed by atoms with van der Waals surface area (Å²) in [7, 11) is 1.68. The molecule has 1 aromatic carbocycles. The second-order valence-corrected chi connectivity index (χ2v) is 3.20. The molecule has 0 aliphatic rings. The zero-order valence-electron chi connectivity index (χ0n) is 8.45. The summed E-state index contributed by atoms with van der Waals surface area (Å²) in [6.07, 6.45) is 2.81. The van der Waals surface area contributed by atoms with Gasteiger partial charge in [-0.1, -0.05) is 6.92 Å². The zero-order chi connectivity index (χ0) is 9.97. The van der Waals surface area contributed by atoms with E-state index in [0.29, 0.717) is 0 Å². The smallest absolute Gasteiger partial charge is 0.119 e. The van der Waals surface area contributed by atoms with Crippen molar-refractivity contribution in [3.63, 3.8) is 0 Å². The van der Waals surface area contributed by atoms with Crippen molar-refractivity contribution < 1.29 is 4.74 Å². The standard InChI is InChI=1S/C12H13NO/c1-3-12-11-5-4-10(14-2)8-9(11)6-7-13-12/h4-8H,3H2,1-2H3. The predicted molar refractivity (Wildman–Crippen MR) is 57.7 cm³/mol. The molecule has 72 valence electrons. The van der Waals surface area contributed by atoms with Crippen molar-refractivity contribution in [1.82, 2.24) is 4.98 Å². The number of benzene rings is 1. The lowest BCUT2D eigenvalue weighted by Crippen LogP contribution is -1.89. The summed E-state index contributed by atoms with van der Waals surface area (Å²) in [5, 5.41) is 2.41. The molecule has 0 fully saturated rings. The number of aryl methyl sites for hydroxylation is 1. The highest BCUT2D eigenvalue weighted by molar-refractivity contribution is 5.85. The minimum Gasteiger partial charge on any atom is -0.497 e. The number of pyridine rings is 1. The first-order valence-electron chi connectivity index (χ1n) is 4.76. The number of fused-ring (bicyclic) bond motifs is 1. The third kappa shape index (κ3) is 1.43. The van der Waals surface area contributed by atoms with E-state index in [2.05, 4.69) is 18.0 Å². The van der Waals surface area contributed by atoms with Gasteiger partial charge < -0.3 is 4.74 Å². The number of hydrogen-bond donors (Lipinski definition) is 0. The Kier molecular flexibility index (Phi) is 2.35. The molecule has 2 rings (SSSR count). The van der Waals surface area contributed by atoms with Crippen LogP contribution in [0, 0.1) is 0 Å². The van der Waals surface area contributed by atoms with Crippen molar-refractivity contribution in [2.24, 2.45) is 0 Å². The molecular formula is C12H13NO. The summed E-state index contributed by atoms with van der Waals surface area (Å²) in [4.78, 5) is 4.34. The highest BCUT2D eigenvalue weighted by Crippen LogP contribution is 2.22. The fourth-order valence-electron chi connectivity index (χ4n) is 1.63. The summed E-state index contributed by atoms with van der Waals surface area (Å²) in [5.74, 6) is 0.894. The van der Waals surface area contributed by atoms with Crippen LogP contribution in [0.1, 0.15) is 12.6 Å². The van der Waals surface area contributed by atoms with Gasteiger partial charge in [-0.3, -0.25) is 4.98 Å². The molecule has 0 aliphatic carbocycles. The summed E-state index contributed by atoms with van der Waals surface area (Å²) in [6, 6.07) is 8.09. The van der Waals surface area contributed by atoms with Gasteiger partial charge in [0, 0.05) is 17.3 Å². The van der Waals surface area contributed by atoms with Gasteiger partial charge in [0.1, 0.15) is 5.75 Å². The quantitative estimate of drug-likeness (QED) is 0.721. The fourth-order valence-corrected chi connectivity index (χ4v) is 1.63. The molecule has 0 bridgehead atoms. The lowest BCUT2D eigenvalue weighted by molar-refractivity contribution is 0.415. The van der Waals surface area contributed by atoms with Gasteiger partial charge in [0.15, 0.2) is 0 Å². The number of rotatable bonds is 2. The Hall–Kier alpha value is -1.57. The summed E-state index contributed by atoms with van der Waals surface area (Å²) in [5.41, 5.74) is 1.14. The van der Waals surface area contributed by atoms with Crippen LogP contribution in [0.15, 0.2) is 30.5 Å². The SMILES string of the molecule is CCc1nccc2cc(OC)ccc12. The average Bonchev–Trinajstić information content (AvgIpc) is 2.27. The van der Waals surface area contributed by atoms with E-state index in [0.717, 1.165) is 17.9 Å². The van der Waals surface area contributed by atoms with E-state index >= 15 is 0 Å². The van der Waals surface area contributed by atoms with E-state index in [1.165, 1.54) is 10.8 Å². The largest absolute Gasteiger partial charge is 0.497 e. The number of ether oxygens (including phenoxy) is 1. The van der Waals surface area contributed by atoms with Crippen LogP contribution in [-0.2, 0) is 6.42 Å². The molecule has 0 atom stereocenters. The van der Waals surface area contributed by atoms with Crippen LogP contribution in [0.5, 0.6) is 5.75 Å². The molecule has 0 amide bonds. The molecule has 2 heteroatoms. The Labute approximate surface area is 83.5 Å². The van der Waals surface area contributed by atoms with E-state index in [-0.39, 0.29) is 0 Å². The molecule has 1 aromatic heterocycles. The Morgan fingerprint density at radius 3 is 2.86 bits per heavy atom. The molecule has 0 aliphatic heterocycles. The third-order valence-corrected chi connectivity index (χ3v) is 2.39. The van der Waals surface area contributed by atoms with Gasteiger partial charge >= 0.3 is 0 Å². The maximum atomic E-state index is 5.18. The second-order valence-electron chi connectivity index (χ2n) is 3.20. The van der Waals surface area contributed by atoms with Crippen molar-refractivity contribution in [2.75, 3.05) is 7.11 Å². The Morgan fingerprint density at radius 2 is 2.14 bits per heavy atom. The molecule has 0 saturated carbocycles. The first kappa shape index (κ1) is 9.00. The van der Waals surface area contributed by atoms with Gasteiger partial charge in [-0.2, -0.15) is 0 Å². The van der Waals surface area contributed by atoms with Crippen LogP contribution in [0.2, 0.25) is 0 Å². The van der Waals surface area contributed by atoms with E-state index in [1.807, 2.05) is 24.4 Å². The Balaban J connectivity index is 2.67. The fraction of sp³-hybridized carbons (Fsp3) is 0.250. The van der Waals surface area contributed by atoms with Gasteiger partial charge in [-0.25, -0.2) is 0 Å². The van der Waals surface area contributed by atoms with Crippen molar-refractivity contribution in [3.05, 3.63) is 36.2 Å². The molecular weight excluding hydrogens is 174 g/mol. The van der Waals surface area contributed by atoms with Crippen LogP contribution in [0.25, 0.3) is 10.8 Å². The molecule has 0 saturated heterocycles. The molecule has 2 aromatic rings. The Bertz CT molecular complexity index is 451. The minimum atomic E-state index is 0.894. The number of hydrogen-bond acceptors (Lipinski definition) is 2. The van der Waals surface area contributed by atoms with Crippen LogP contribution < -0.4 is 4.74 Å². The lowest BCUT2D eigenvalue weighted by atomic mass is 10.1. The second kappa shape index (κ2) is 3.66. The summed E-state index contributed by atoms with van der Waals surface area (Å²) >= 11 is 0. The zero-order valence-corrected chi connectivity index (χ0v) is 8.45. The molecule has 14 heavy (non-hydrogen) atoms. The first-order valence-corrected chi connectivity index (χ1v) is 4.76. The molecule has 0 radical (unpaired) electrons. The van der Waals surface area contributed by atoms with E-state index in [4.69, 9.17) is 4.74 Å². The molecule has 2 nitrogen and oxygen atoms in total. The maximum absolute atomic E-state index is 5.18. The van der Waals surface area contributed by atoms with Gasteiger partial charge in [-0.15, -0.1) is 0 Å². The first-order chi connectivity index (χ1) is 6.85. The van der Waals surface area contributed by atoms with Gasteiger partial charge in [0.25, 0.3) is 0 Å². The molecule has 0 N–H and O–H groups in total. The topological polar surface area (TPSA) is 22.1 Å². The highest BCUT2D eigenvalue weighted by atomic mass is 16.5. The van der Waals surface area contributed by atoms with E-state index < -0.39 is 0 Å². The Morgan fingerprint density at radius 1 is 1.29 bits per heavy atom. The van der Waals surface area contributed by atoms with Crippen molar-refractivity contribution in [2.45, 2.75) is 13.3 Å². The molecule has 0 unspecified atom stereocenters. The predicted octanol–water partition coefficient (Wildman–Crippen LogP) is 2.81. The van der Waals surface area contributed by atoms with Gasteiger partial charge in [0.2, 0.25) is 0 Å². The van der Waals surface area contributed by atoms with Crippen molar-refractivity contribution in [1.29, 1.82) is 0 Å². The maximum Gasteiger partial charge on any atom is 0.119 e. The van der Waals surface area contributed by atoms with Crippen LogP contribution in [0.4, 0.5) is 0 Å². The van der Waals surface area contributed by atoms with Crippen LogP contribution in [0.3, 0.4) is 0 Å². The van der Waals surface area contributed by atoms with Gasteiger partial charge in [-0.05, 0) is 36.1 Å². The van der Waals surface area contributed by atoms with Crippen LogP contribution in [-0.4, -0.2) is 12.1 Å². The van der Waals surface area contributed by atoms with Crippen LogP contribution >= 0.6 is 0 Å². The van der Waals surface area contributed by atoms with Crippen molar-refractivity contribution >= 4 is 10.8 Å². The molecule has 1 heterocycles.